The number of rotatable bonds is 4. The minimum Gasteiger partial charge on any atom is -0.279 e. The highest BCUT2D eigenvalue weighted by atomic mass is 35.5. The minimum absolute atomic E-state index is 0.144. The standard InChI is InChI=1S/C12H13Cl2N3O2S/c1-3-17-7-12(8(2)15-17)20(18,19)16-9-4-5-10(13)11(14)6-9/h4-7,16H,3H2,1-2H3. The van der Waals surface area contributed by atoms with Crippen molar-refractivity contribution in [1.29, 1.82) is 0 Å². The van der Waals surface area contributed by atoms with Crippen molar-refractivity contribution >= 4 is 38.9 Å². The molecule has 0 unspecified atom stereocenters. The average molecular weight is 334 g/mol. The van der Waals surface area contributed by atoms with E-state index >= 15 is 0 Å². The van der Waals surface area contributed by atoms with Crippen LogP contribution in [0.25, 0.3) is 0 Å². The molecule has 0 amide bonds. The topological polar surface area (TPSA) is 64.0 Å². The molecule has 8 heteroatoms. The summed E-state index contributed by atoms with van der Waals surface area (Å²) in [6.07, 6.45) is 1.50. The first-order chi connectivity index (χ1) is 9.33. The Morgan fingerprint density at radius 2 is 2.00 bits per heavy atom. The van der Waals surface area contributed by atoms with E-state index in [-0.39, 0.29) is 9.92 Å². The van der Waals surface area contributed by atoms with Gasteiger partial charge in [0.2, 0.25) is 0 Å². The molecule has 5 nitrogen and oxygen atoms in total. The summed E-state index contributed by atoms with van der Waals surface area (Å²) in [6.45, 7) is 4.13. The van der Waals surface area contributed by atoms with E-state index in [0.717, 1.165) is 0 Å². The SMILES string of the molecule is CCn1cc(S(=O)(=O)Nc2ccc(Cl)c(Cl)c2)c(C)n1. The Bertz CT molecular complexity index is 741. The van der Waals surface area contributed by atoms with Gasteiger partial charge >= 0.3 is 0 Å². The fraction of sp³-hybridized carbons (Fsp3) is 0.250. The second-order valence-corrected chi connectivity index (χ2v) is 6.63. The molecule has 108 valence electrons. The molecule has 0 aliphatic rings. The van der Waals surface area contributed by atoms with Gasteiger partial charge in [0, 0.05) is 12.7 Å². The maximum Gasteiger partial charge on any atom is 0.265 e. The lowest BCUT2D eigenvalue weighted by Crippen LogP contribution is -2.13. The lowest BCUT2D eigenvalue weighted by atomic mass is 10.3. The van der Waals surface area contributed by atoms with Gasteiger partial charge in [0.1, 0.15) is 4.90 Å². The van der Waals surface area contributed by atoms with E-state index in [2.05, 4.69) is 9.82 Å². The van der Waals surface area contributed by atoms with Crippen LogP contribution in [0.5, 0.6) is 0 Å². The highest BCUT2D eigenvalue weighted by molar-refractivity contribution is 7.92. The van der Waals surface area contributed by atoms with Crippen molar-refractivity contribution in [3.05, 3.63) is 40.1 Å². The summed E-state index contributed by atoms with van der Waals surface area (Å²) < 4.78 is 28.6. The van der Waals surface area contributed by atoms with Gasteiger partial charge in [0.15, 0.2) is 0 Å². The van der Waals surface area contributed by atoms with Crippen molar-refractivity contribution < 1.29 is 8.42 Å². The summed E-state index contributed by atoms with van der Waals surface area (Å²) in [5.41, 5.74) is 0.794. The molecule has 0 atom stereocenters. The molecular formula is C12H13Cl2N3O2S. The summed E-state index contributed by atoms with van der Waals surface area (Å²) in [7, 11) is -3.70. The first kappa shape index (κ1) is 15.2. The van der Waals surface area contributed by atoms with E-state index in [0.29, 0.717) is 22.9 Å². The van der Waals surface area contributed by atoms with E-state index < -0.39 is 10.0 Å². The Kier molecular flexibility index (Phi) is 4.27. The molecule has 20 heavy (non-hydrogen) atoms. The van der Waals surface area contributed by atoms with E-state index in [1.54, 1.807) is 17.7 Å². The quantitative estimate of drug-likeness (QED) is 0.933. The predicted octanol–water partition coefficient (Wildman–Crippen LogP) is 3.32. The average Bonchev–Trinajstić information content (AvgIpc) is 2.76. The first-order valence-corrected chi connectivity index (χ1v) is 8.09. The Balaban J connectivity index is 2.35. The smallest absolute Gasteiger partial charge is 0.265 e. The number of anilines is 1. The molecule has 0 fully saturated rings. The van der Waals surface area contributed by atoms with Crippen LogP contribution in [0.15, 0.2) is 29.3 Å². The Morgan fingerprint density at radius 3 is 2.55 bits per heavy atom. The second kappa shape index (κ2) is 5.63. The normalized spacial score (nSPS) is 11.6. The summed E-state index contributed by atoms with van der Waals surface area (Å²) in [6, 6.07) is 4.54. The fourth-order valence-corrected chi connectivity index (χ4v) is 3.23. The van der Waals surface area contributed by atoms with Crippen molar-refractivity contribution in [2.75, 3.05) is 4.72 Å². The van der Waals surface area contributed by atoms with Crippen LogP contribution >= 0.6 is 23.2 Å². The third-order valence-electron chi connectivity index (χ3n) is 2.69. The van der Waals surface area contributed by atoms with E-state index in [1.807, 2.05) is 6.92 Å². The molecule has 1 aromatic heterocycles. The van der Waals surface area contributed by atoms with Crippen LogP contribution in [0.3, 0.4) is 0 Å². The maximum atomic E-state index is 12.3. The molecule has 2 rings (SSSR count). The van der Waals surface area contributed by atoms with Gasteiger partial charge in [-0.3, -0.25) is 9.40 Å². The van der Waals surface area contributed by atoms with E-state index in [4.69, 9.17) is 23.2 Å². The maximum absolute atomic E-state index is 12.3. The fourth-order valence-electron chi connectivity index (χ4n) is 1.70. The highest BCUT2D eigenvalue weighted by Gasteiger charge is 2.20. The Hall–Kier alpha value is -1.24. The summed E-state index contributed by atoms with van der Waals surface area (Å²) >= 11 is 11.7. The number of aryl methyl sites for hydroxylation is 2. The largest absolute Gasteiger partial charge is 0.279 e. The molecule has 2 aromatic rings. The Labute approximate surface area is 127 Å². The van der Waals surface area contributed by atoms with Gasteiger partial charge in [-0.15, -0.1) is 0 Å². The number of hydrogen-bond donors (Lipinski definition) is 1. The second-order valence-electron chi connectivity index (χ2n) is 4.17. The molecule has 0 aliphatic carbocycles. The highest BCUT2D eigenvalue weighted by Crippen LogP contribution is 2.26. The van der Waals surface area contributed by atoms with Crippen LogP contribution in [-0.4, -0.2) is 18.2 Å². The summed E-state index contributed by atoms with van der Waals surface area (Å²) in [5.74, 6) is 0. The van der Waals surface area contributed by atoms with Crippen LogP contribution in [0, 0.1) is 6.92 Å². The van der Waals surface area contributed by atoms with Crippen molar-refractivity contribution in [2.24, 2.45) is 0 Å². The monoisotopic (exact) mass is 333 g/mol. The number of nitrogens with one attached hydrogen (secondary N) is 1. The lowest BCUT2D eigenvalue weighted by Gasteiger charge is -2.07. The van der Waals surface area contributed by atoms with Crippen LogP contribution in [0.4, 0.5) is 5.69 Å². The zero-order valence-corrected chi connectivity index (χ0v) is 13.2. The zero-order chi connectivity index (χ0) is 14.9. The van der Waals surface area contributed by atoms with Gasteiger partial charge in [0.25, 0.3) is 10.0 Å². The molecule has 0 spiro atoms. The van der Waals surface area contributed by atoms with Crippen LogP contribution in [-0.2, 0) is 16.6 Å². The van der Waals surface area contributed by atoms with E-state index in [9.17, 15) is 8.42 Å². The van der Waals surface area contributed by atoms with Crippen LogP contribution in [0.1, 0.15) is 12.6 Å². The van der Waals surface area contributed by atoms with E-state index in [1.165, 1.54) is 18.3 Å². The predicted molar refractivity (Wildman–Crippen MR) is 79.9 cm³/mol. The summed E-state index contributed by atoms with van der Waals surface area (Å²) in [5, 5.41) is 4.77. The van der Waals surface area contributed by atoms with Crippen LogP contribution in [0.2, 0.25) is 10.0 Å². The van der Waals surface area contributed by atoms with Crippen LogP contribution < -0.4 is 4.72 Å². The molecule has 0 radical (unpaired) electrons. The Morgan fingerprint density at radius 1 is 1.30 bits per heavy atom. The lowest BCUT2D eigenvalue weighted by molar-refractivity contribution is 0.600. The summed E-state index contributed by atoms with van der Waals surface area (Å²) in [4.78, 5) is 0.144. The molecule has 0 aliphatic heterocycles. The number of hydrogen-bond acceptors (Lipinski definition) is 3. The van der Waals surface area contributed by atoms with Gasteiger partial charge in [-0.05, 0) is 32.0 Å². The molecule has 1 heterocycles. The molecular weight excluding hydrogens is 321 g/mol. The van der Waals surface area contributed by atoms with Gasteiger partial charge in [-0.1, -0.05) is 23.2 Å². The third kappa shape index (κ3) is 3.08. The van der Waals surface area contributed by atoms with Gasteiger partial charge in [-0.25, -0.2) is 8.42 Å². The molecule has 1 aromatic carbocycles. The number of sulfonamides is 1. The molecule has 0 saturated carbocycles. The molecule has 0 bridgehead atoms. The van der Waals surface area contributed by atoms with Crippen molar-refractivity contribution in [3.63, 3.8) is 0 Å². The molecule has 1 N–H and O–H groups in total. The number of aromatic nitrogens is 2. The number of nitrogens with zero attached hydrogens (tertiary/aromatic N) is 2. The van der Waals surface area contributed by atoms with Crippen molar-refractivity contribution in [3.8, 4) is 0 Å². The molecule has 0 saturated heterocycles. The number of benzene rings is 1. The first-order valence-electron chi connectivity index (χ1n) is 5.85. The van der Waals surface area contributed by atoms with Crippen molar-refractivity contribution in [2.45, 2.75) is 25.3 Å². The third-order valence-corrected chi connectivity index (χ3v) is 4.91. The zero-order valence-electron chi connectivity index (χ0n) is 10.9. The number of halogens is 2. The minimum atomic E-state index is -3.70. The van der Waals surface area contributed by atoms with Gasteiger partial charge < -0.3 is 0 Å². The van der Waals surface area contributed by atoms with Gasteiger partial charge in [0.05, 0.1) is 21.4 Å². The van der Waals surface area contributed by atoms with Crippen molar-refractivity contribution in [1.82, 2.24) is 9.78 Å². The van der Waals surface area contributed by atoms with Gasteiger partial charge in [-0.2, -0.15) is 5.10 Å².